The zero-order valence-corrected chi connectivity index (χ0v) is 14.3. The summed E-state index contributed by atoms with van der Waals surface area (Å²) in [7, 11) is 0. The van der Waals surface area contributed by atoms with E-state index in [2.05, 4.69) is 6.92 Å². The number of unbranched alkanes of at least 4 members (excludes halogenated alkanes) is 11. The summed E-state index contributed by atoms with van der Waals surface area (Å²) in [6.07, 6.45) is 15.2. The Hall–Kier alpha value is -0.610. The number of carbonyl (C=O) groups excluding carboxylic acids is 1. The molecule has 1 saturated heterocycles. The summed E-state index contributed by atoms with van der Waals surface area (Å²) in [6.45, 7) is 2.26. The van der Waals surface area contributed by atoms with Crippen LogP contribution in [0.2, 0.25) is 0 Å². The molecule has 4 heteroatoms. The summed E-state index contributed by atoms with van der Waals surface area (Å²) in [6, 6.07) is -0.845. The van der Waals surface area contributed by atoms with E-state index in [0.717, 1.165) is 19.3 Å². The summed E-state index contributed by atoms with van der Waals surface area (Å²) >= 11 is 0. The van der Waals surface area contributed by atoms with E-state index in [4.69, 9.17) is 10.5 Å². The zero-order valence-electron chi connectivity index (χ0n) is 14.3. The second kappa shape index (κ2) is 11.9. The molecule has 0 aromatic heterocycles. The molecule has 3 atom stereocenters. The van der Waals surface area contributed by atoms with E-state index >= 15 is 0 Å². The highest BCUT2D eigenvalue weighted by molar-refractivity contribution is 5.78. The van der Waals surface area contributed by atoms with Crippen molar-refractivity contribution in [1.29, 1.82) is 0 Å². The Labute approximate surface area is 135 Å². The van der Waals surface area contributed by atoms with Crippen molar-refractivity contribution in [2.75, 3.05) is 0 Å². The number of nitrogens with two attached hydrogens (primary N) is 1. The highest BCUT2D eigenvalue weighted by Crippen LogP contribution is 2.20. The van der Waals surface area contributed by atoms with Crippen LogP contribution >= 0.6 is 0 Å². The van der Waals surface area contributed by atoms with Crippen LogP contribution in [0.15, 0.2) is 0 Å². The molecule has 1 rings (SSSR count). The number of hydrogen-bond donors (Lipinski definition) is 2. The van der Waals surface area contributed by atoms with Crippen LogP contribution in [-0.2, 0) is 9.53 Å². The lowest BCUT2D eigenvalue weighted by Crippen LogP contribution is -2.38. The molecule has 0 saturated carbocycles. The molecule has 0 unspecified atom stereocenters. The van der Waals surface area contributed by atoms with Gasteiger partial charge in [-0.05, 0) is 12.8 Å². The van der Waals surface area contributed by atoms with Crippen LogP contribution in [0.25, 0.3) is 0 Å². The molecule has 1 heterocycles. The van der Waals surface area contributed by atoms with Gasteiger partial charge in [0.2, 0.25) is 0 Å². The zero-order chi connectivity index (χ0) is 16.2. The van der Waals surface area contributed by atoms with Crippen LogP contribution in [0.5, 0.6) is 0 Å². The fourth-order valence-electron chi connectivity index (χ4n) is 3.08. The number of hydrogen-bond acceptors (Lipinski definition) is 4. The third-order valence-electron chi connectivity index (χ3n) is 4.63. The molecule has 130 valence electrons. The second-order valence-corrected chi connectivity index (χ2v) is 6.67. The molecule has 0 radical (unpaired) electrons. The van der Waals surface area contributed by atoms with Gasteiger partial charge >= 0.3 is 5.97 Å². The lowest BCUT2D eigenvalue weighted by molar-refractivity contribution is -0.142. The van der Waals surface area contributed by atoms with Crippen LogP contribution in [0.3, 0.4) is 0 Å². The van der Waals surface area contributed by atoms with E-state index in [1.165, 1.54) is 64.2 Å². The Bertz CT molecular complexity index is 296. The van der Waals surface area contributed by atoms with Gasteiger partial charge in [-0.3, -0.25) is 4.79 Å². The van der Waals surface area contributed by atoms with E-state index < -0.39 is 18.1 Å². The Kier molecular flexibility index (Phi) is 10.5. The van der Waals surface area contributed by atoms with Gasteiger partial charge < -0.3 is 15.6 Å². The van der Waals surface area contributed by atoms with Gasteiger partial charge in [0.05, 0.1) is 0 Å². The van der Waals surface area contributed by atoms with Crippen LogP contribution in [0.4, 0.5) is 0 Å². The first kappa shape index (κ1) is 19.4. The highest BCUT2D eigenvalue weighted by atomic mass is 16.6. The summed E-state index contributed by atoms with van der Waals surface area (Å²) in [4.78, 5) is 11.2. The van der Waals surface area contributed by atoms with Crippen molar-refractivity contribution in [3.63, 3.8) is 0 Å². The molecule has 1 aliphatic heterocycles. The van der Waals surface area contributed by atoms with Crippen LogP contribution in [0, 0.1) is 0 Å². The fourth-order valence-corrected chi connectivity index (χ4v) is 3.08. The first-order valence-electron chi connectivity index (χ1n) is 9.31. The summed E-state index contributed by atoms with van der Waals surface area (Å²) in [5.41, 5.74) is 5.52. The van der Waals surface area contributed by atoms with E-state index in [9.17, 15) is 9.90 Å². The Morgan fingerprint density at radius 1 is 0.909 bits per heavy atom. The van der Waals surface area contributed by atoms with E-state index in [1.54, 1.807) is 0 Å². The lowest BCUT2D eigenvalue weighted by Gasteiger charge is -2.13. The molecule has 0 amide bonds. The van der Waals surface area contributed by atoms with Gasteiger partial charge in [-0.25, -0.2) is 0 Å². The maximum atomic E-state index is 11.2. The molecule has 0 spiro atoms. The number of ether oxygens (including phenoxy) is 1. The molecule has 3 N–H and O–H groups in total. The van der Waals surface area contributed by atoms with Crippen LogP contribution in [0.1, 0.15) is 90.4 Å². The number of aliphatic hydroxyl groups excluding tert-OH is 1. The lowest BCUT2D eigenvalue weighted by atomic mass is 10.0. The van der Waals surface area contributed by atoms with Crippen molar-refractivity contribution in [3.05, 3.63) is 0 Å². The molecule has 0 aliphatic carbocycles. The number of cyclic esters (lactones) is 1. The predicted octanol–water partition coefficient (Wildman–Crippen LogP) is 3.69. The van der Waals surface area contributed by atoms with Gasteiger partial charge in [-0.15, -0.1) is 0 Å². The average Bonchev–Trinajstić information content (AvgIpc) is 2.75. The van der Waals surface area contributed by atoms with E-state index in [-0.39, 0.29) is 6.10 Å². The topological polar surface area (TPSA) is 72.5 Å². The third-order valence-corrected chi connectivity index (χ3v) is 4.63. The molecule has 1 fully saturated rings. The van der Waals surface area contributed by atoms with E-state index in [1.807, 2.05) is 0 Å². The van der Waals surface area contributed by atoms with Crippen molar-refractivity contribution in [1.82, 2.24) is 0 Å². The standard InChI is InChI=1S/C18H35NO3/c1-2-3-4-5-6-7-8-9-10-11-12-13-14-15-17(20)16(19)18(21)22-15/h15-17,20H,2-14,19H2,1H3/t15-,16+,17-/m0/s1. The summed E-state index contributed by atoms with van der Waals surface area (Å²) < 4.78 is 5.07. The molecule has 4 nitrogen and oxygen atoms in total. The normalized spacial score (nSPS) is 24.7. The minimum absolute atomic E-state index is 0.384. The first-order chi connectivity index (χ1) is 10.7. The molecule has 0 bridgehead atoms. The number of esters is 1. The van der Waals surface area contributed by atoms with Crippen molar-refractivity contribution >= 4 is 5.97 Å². The van der Waals surface area contributed by atoms with Crippen molar-refractivity contribution in [2.24, 2.45) is 5.73 Å². The SMILES string of the molecule is CCCCCCCCCCCCCC[C@@H]1OC(=O)[C@H](N)[C@H]1O. The van der Waals surface area contributed by atoms with Gasteiger partial charge in [0.15, 0.2) is 0 Å². The van der Waals surface area contributed by atoms with E-state index in [0.29, 0.717) is 0 Å². The van der Waals surface area contributed by atoms with Gasteiger partial charge in [0, 0.05) is 0 Å². The Morgan fingerprint density at radius 2 is 1.36 bits per heavy atom. The summed E-state index contributed by atoms with van der Waals surface area (Å²) in [5.74, 6) is -0.462. The molecule has 0 aromatic carbocycles. The smallest absolute Gasteiger partial charge is 0.326 e. The minimum Gasteiger partial charge on any atom is -0.458 e. The van der Waals surface area contributed by atoms with Crippen molar-refractivity contribution in [2.45, 2.75) is 109 Å². The van der Waals surface area contributed by atoms with Crippen molar-refractivity contribution < 1.29 is 14.6 Å². The van der Waals surface area contributed by atoms with Gasteiger partial charge in [0.1, 0.15) is 18.2 Å². The second-order valence-electron chi connectivity index (χ2n) is 6.67. The molecule has 1 aliphatic rings. The highest BCUT2D eigenvalue weighted by Gasteiger charge is 2.40. The minimum atomic E-state index is -0.845. The van der Waals surface area contributed by atoms with Crippen LogP contribution in [-0.4, -0.2) is 29.3 Å². The molecule has 22 heavy (non-hydrogen) atoms. The average molecular weight is 313 g/mol. The largest absolute Gasteiger partial charge is 0.458 e. The quantitative estimate of drug-likeness (QED) is 0.402. The third kappa shape index (κ3) is 7.59. The monoisotopic (exact) mass is 313 g/mol. The first-order valence-corrected chi connectivity index (χ1v) is 9.31. The van der Waals surface area contributed by atoms with Gasteiger partial charge in [0.25, 0.3) is 0 Å². The number of aliphatic hydroxyl groups is 1. The van der Waals surface area contributed by atoms with Gasteiger partial charge in [-0.1, -0.05) is 77.6 Å². The molecule has 0 aromatic rings. The molecular formula is C18H35NO3. The predicted molar refractivity (Wildman–Crippen MR) is 89.6 cm³/mol. The Balaban J connectivity index is 1.83. The molecular weight excluding hydrogens is 278 g/mol. The number of rotatable bonds is 13. The van der Waals surface area contributed by atoms with Crippen molar-refractivity contribution in [3.8, 4) is 0 Å². The van der Waals surface area contributed by atoms with Crippen LogP contribution < -0.4 is 5.73 Å². The maximum absolute atomic E-state index is 11.2. The van der Waals surface area contributed by atoms with Gasteiger partial charge in [-0.2, -0.15) is 0 Å². The maximum Gasteiger partial charge on any atom is 0.326 e. The fraction of sp³-hybridized carbons (Fsp3) is 0.944. The number of carbonyl (C=O) groups is 1. The Morgan fingerprint density at radius 3 is 1.77 bits per heavy atom. The summed E-state index contributed by atoms with van der Waals surface area (Å²) in [5, 5.41) is 9.73.